The second-order valence-corrected chi connectivity index (χ2v) is 5.39. The molecule has 0 amide bonds. The van der Waals surface area contributed by atoms with Crippen molar-refractivity contribution in [3.63, 3.8) is 0 Å². The average molecular weight is 264 g/mol. The van der Waals surface area contributed by atoms with Crippen LogP contribution in [0, 0.1) is 17.0 Å². The number of pyridine rings is 1. The average Bonchev–Trinajstić information content (AvgIpc) is 2.40. The third-order valence-corrected chi connectivity index (χ3v) is 4.02. The molecule has 0 aliphatic carbocycles. The molecule has 0 spiro atoms. The van der Waals surface area contributed by atoms with Gasteiger partial charge in [0.1, 0.15) is 12.0 Å². The van der Waals surface area contributed by atoms with Crippen molar-refractivity contribution in [3.8, 4) is 0 Å². The zero-order valence-electron chi connectivity index (χ0n) is 11.6. The molecule has 1 aromatic rings. The quantitative estimate of drug-likeness (QED) is 0.666. The highest BCUT2D eigenvalue weighted by atomic mass is 16.6. The highest BCUT2D eigenvalue weighted by Gasteiger charge is 2.29. The molecule has 0 bridgehead atoms. The van der Waals surface area contributed by atoms with E-state index in [4.69, 9.17) is 0 Å². The normalized spacial score (nSPS) is 18.4. The van der Waals surface area contributed by atoms with Crippen LogP contribution in [0.5, 0.6) is 0 Å². The minimum Gasteiger partial charge on any atom is -0.356 e. The van der Waals surface area contributed by atoms with Crippen molar-refractivity contribution >= 4 is 11.5 Å². The Morgan fingerprint density at radius 3 is 2.58 bits per heavy atom. The molecule has 2 heterocycles. The number of nitrogens with one attached hydrogen (secondary N) is 1. The molecule has 1 N–H and O–H groups in total. The lowest BCUT2D eigenvalue weighted by atomic mass is 9.90. The molecule has 1 saturated heterocycles. The van der Waals surface area contributed by atoms with Gasteiger partial charge in [0.25, 0.3) is 5.69 Å². The van der Waals surface area contributed by atoms with Crippen LogP contribution in [0.3, 0.4) is 0 Å². The second-order valence-electron chi connectivity index (χ2n) is 5.39. The molecule has 0 aromatic carbocycles. The number of nitro groups is 1. The predicted octanol–water partition coefficient (Wildman–Crippen LogP) is 1.88. The van der Waals surface area contributed by atoms with Crippen LogP contribution in [0.4, 0.5) is 11.5 Å². The lowest BCUT2D eigenvalue weighted by molar-refractivity contribution is -0.385. The summed E-state index contributed by atoms with van der Waals surface area (Å²) in [5.41, 5.74) is 1.10. The molecule has 104 valence electrons. The number of nitrogens with zero attached hydrogens (tertiary/aromatic N) is 3. The fourth-order valence-electron chi connectivity index (χ4n) is 2.45. The van der Waals surface area contributed by atoms with Crippen LogP contribution >= 0.6 is 0 Å². The number of aryl methyl sites for hydroxylation is 1. The van der Waals surface area contributed by atoms with Crippen molar-refractivity contribution < 1.29 is 4.92 Å². The monoisotopic (exact) mass is 264 g/mol. The van der Waals surface area contributed by atoms with E-state index in [-0.39, 0.29) is 11.2 Å². The van der Waals surface area contributed by atoms with Crippen LogP contribution in [0.25, 0.3) is 0 Å². The maximum absolute atomic E-state index is 10.7. The van der Waals surface area contributed by atoms with E-state index < -0.39 is 4.92 Å². The van der Waals surface area contributed by atoms with E-state index in [1.807, 2.05) is 14.0 Å². The summed E-state index contributed by atoms with van der Waals surface area (Å²) in [6, 6.07) is 1.59. The van der Waals surface area contributed by atoms with Crippen LogP contribution in [0.15, 0.2) is 12.3 Å². The molecule has 6 nitrogen and oxygen atoms in total. The van der Waals surface area contributed by atoms with E-state index >= 15 is 0 Å². The molecule has 0 radical (unpaired) electrons. The summed E-state index contributed by atoms with van der Waals surface area (Å²) in [4.78, 5) is 16.8. The summed E-state index contributed by atoms with van der Waals surface area (Å²) >= 11 is 0. The van der Waals surface area contributed by atoms with Crippen LogP contribution in [-0.2, 0) is 0 Å². The Bertz CT molecular complexity index is 482. The van der Waals surface area contributed by atoms with Crippen molar-refractivity contribution in [2.24, 2.45) is 0 Å². The lowest BCUT2D eigenvalue weighted by Crippen LogP contribution is -2.50. The van der Waals surface area contributed by atoms with Crippen LogP contribution in [0.2, 0.25) is 0 Å². The topological polar surface area (TPSA) is 71.3 Å². The summed E-state index contributed by atoms with van der Waals surface area (Å²) in [7, 11) is 1.99. The first-order valence-electron chi connectivity index (χ1n) is 6.50. The van der Waals surface area contributed by atoms with Gasteiger partial charge in [-0.2, -0.15) is 0 Å². The Hall–Kier alpha value is -1.69. The van der Waals surface area contributed by atoms with Crippen LogP contribution in [0.1, 0.15) is 25.3 Å². The number of hydrogen-bond acceptors (Lipinski definition) is 5. The van der Waals surface area contributed by atoms with Crippen molar-refractivity contribution in [1.82, 2.24) is 10.3 Å². The van der Waals surface area contributed by atoms with E-state index in [1.165, 1.54) is 6.20 Å². The molecule has 1 aliphatic rings. The molecule has 2 rings (SSSR count). The van der Waals surface area contributed by atoms with Gasteiger partial charge in [0, 0.05) is 24.7 Å². The van der Waals surface area contributed by atoms with Crippen molar-refractivity contribution in [2.75, 3.05) is 25.0 Å². The molecule has 1 aromatic heterocycles. The molecule has 0 unspecified atom stereocenters. The van der Waals surface area contributed by atoms with Gasteiger partial charge in [-0.25, -0.2) is 4.98 Å². The Morgan fingerprint density at radius 1 is 1.47 bits per heavy atom. The van der Waals surface area contributed by atoms with Crippen molar-refractivity contribution in [1.29, 1.82) is 0 Å². The van der Waals surface area contributed by atoms with Gasteiger partial charge in [0.2, 0.25) is 0 Å². The first-order valence-corrected chi connectivity index (χ1v) is 6.50. The highest BCUT2D eigenvalue weighted by Crippen LogP contribution is 2.27. The molecular formula is C13H20N4O2. The zero-order chi connectivity index (χ0) is 14.0. The van der Waals surface area contributed by atoms with Gasteiger partial charge in [-0.3, -0.25) is 10.1 Å². The largest absolute Gasteiger partial charge is 0.356 e. The molecule has 0 atom stereocenters. The molecule has 1 fully saturated rings. The Kier molecular flexibility index (Phi) is 3.71. The summed E-state index contributed by atoms with van der Waals surface area (Å²) in [6.07, 6.45) is 3.43. The van der Waals surface area contributed by atoms with E-state index in [2.05, 4.69) is 22.1 Å². The predicted molar refractivity (Wildman–Crippen MR) is 74.5 cm³/mol. The Labute approximate surface area is 113 Å². The van der Waals surface area contributed by atoms with E-state index in [0.717, 1.165) is 37.3 Å². The van der Waals surface area contributed by atoms with Crippen molar-refractivity contribution in [2.45, 2.75) is 32.2 Å². The van der Waals surface area contributed by atoms with Crippen LogP contribution in [-0.4, -0.2) is 35.6 Å². The summed E-state index contributed by atoms with van der Waals surface area (Å²) in [5.74, 6) is 0.865. The molecule has 19 heavy (non-hydrogen) atoms. The molecule has 0 saturated carbocycles. The minimum absolute atomic E-state index is 0.0540. The van der Waals surface area contributed by atoms with Gasteiger partial charge < -0.3 is 10.2 Å². The Morgan fingerprint density at radius 2 is 2.11 bits per heavy atom. The third kappa shape index (κ3) is 2.84. The number of rotatable bonds is 3. The third-order valence-electron chi connectivity index (χ3n) is 4.02. The minimum atomic E-state index is -0.405. The van der Waals surface area contributed by atoms with Gasteiger partial charge in [-0.1, -0.05) is 0 Å². The molecule has 1 aliphatic heterocycles. The van der Waals surface area contributed by atoms with Gasteiger partial charge >= 0.3 is 0 Å². The van der Waals surface area contributed by atoms with Crippen LogP contribution < -0.4 is 10.2 Å². The number of piperidine rings is 1. The fourth-order valence-corrected chi connectivity index (χ4v) is 2.45. The number of hydrogen-bond donors (Lipinski definition) is 1. The summed E-state index contributed by atoms with van der Waals surface area (Å²) in [6.45, 7) is 5.94. The molecule has 6 heteroatoms. The Balaban J connectivity index is 2.14. The smallest absolute Gasteiger partial charge is 0.287 e. The van der Waals surface area contributed by atoms with Gasteiger partial charge in [0.15, 0.2) is 0 Å². The second kappa shape index (κ2) is 5.13. The molecular weight excluding hydrogens is 244 g/mol. The maximum atomic E-state index is 10.7. The summed E-state index contributed by atoms with van der Waals surface area (Å²) < 4.78 is 0. The van der Waals surface area contributed by atoms with Gasteiger partial charge in [-0.05, 0) is 39.3 Å². The van der Waals surface area contributed by atoms with Crippen molar-refractivity contribution in [3.05, 3.63) is 27.9 Å². The maximum Gasteiger partial charge on any atom is 0.287 e. The number of anilines is 1. The SMILES string of the molecule is CNC1(C)CCN(c2ncc([N+](=O)[O-])cc2C)CC1. The van der Waals surface area contributed by atoms with Gasteiger partial charge in [0.05, 0.1) is 4.92 Å². The standard InChI is InChI=1S/C13H20N4O2/c1-10-8-11(17(18)19)9-15-12(10)16-6-4-13(2,14-3)5-7-16/h8-9,14H,4-7H2,1-3H3. The fraction of sp³-hybridized carbons (Fsp3) is 0.615. The lowest BCUT2D eigenvalue weighted by Gasteiger charge is -2.40. The highest BCUT2D eigenvalue weighted by molar-refractivity contribution is 5.50. The van der Waals surface area contributed by atoms with E-state index in [1.54, 1.807) is 6.07 Å². The van der Waals surface area contributed by atoms with E-state index in [0.29, 0.717) is 0 Å². The summed E-state index contributed by atoms with van der Waals surface area (Å²) in [5, 5.41) is 14.1. The van der Waals surface area contributed by atoms with Gasteiger partial charge in [-0.15, -0.1) is 0 Å². The zero-order valence-corrected chi connectivity index (χ0v) is 11.6. The first kappa shape index (κ1) is 13.7. The van der Waals surface area contributed by atoms with E-state index in [9.17, 15) is 10.1 Å². The first-order chi connectivity index (χ1) is 8.95. The number of aromatic nitrogens is 1.